The van der Waals surface area contributed by atoms with E-state index in [0.29, 0.717) is 5.75 Å². The van der Waals surface area contributed by atoms with Gasteiger partial charge in [0.05, 0.1) is 4.47 Å². The van der Waals surface area contributed by atoms with Gasteiger partial charge in [-0.25, -0.2) is 0 Å². The second-order valence-electron chi connectivity index (χ2n) is 5.15. The van der Waals surface area contributed by atoms with Gasteiger partial charge < -0.3 is 15.8 Å². The Labute approximate surface area is 129 Å². The first-order valence-electron chi connectivity index (χ1n) is 6.88. The quantitative estimate of drug-likeness (QED) is 0.800. The second kappa shape index (κ2) is 8.27. The summed E-state index contributed by atoms with van der Waals surface area (Å²) in [6.07, 6.45) is 1.79. The van der Waals surface area contributed by atoms with E-state index < -0.39 is 0 Å². The fraction of sp³-hybridized carbons (Fsp3) is 0.533. The van der Waals surface area contributed by atoms with Gasteiger partial charge in [0.1, 0.15) is 5.75 Å². The Hall–Kier alpha value is -1.07. The number of hydrogen-bond acceptors (Lipinski definition) is 3. The number of nitrogens with one attached hydrogen (secondary N) is 1. The molecule has 5 heteroatoms. The van der Waals surface area contributed by atoms with Crippen LogP contribution in [0.3, 0.4) is 0 Å². The van der Waals surface area contributed by atoms with Gasteiger partial charge in [-0.3, -0.25) is 4.79 Å². The molecule has 4 nitrogen and oxygen atoms in total. The zero-order valence-electron chi connectivity index (χ0n) is 12.3. The summed E-state index contributed by atoms with van der Waals surface area (Å²) >= 11 is 3.46. The van der Waals surface area contributed by atoms with Gasteiger partial charge >= 0.3 is 0 Å². The summed E-state index contributed by atoms with van der Waals surface area (Å²) in [5.74, 6) is 0.543. The highest BCUT2D eigenvalue weighted by Crippen LogP contribution is 2.26. The molecule has 0 fully saturated rings. The van der Waals surface area contributed by atoms with Crippen molar-refractivity contribution in [3.8, 4) is 5.75 Å². The molecule has 0 aliphatic rings. The molecule has 0 radical (unpaired) electrons. The number of halogens is 1. The number of nitrogens with two attached hydrogens (primary N) is 1. The van der Waals surface area contributed by atoms with Gasteiger partial charge in [0, 0.05) is 12.1 Å². The molecule has 1 unspecified atom stereocenters. The van der Waals surface area contributed by atoms with Crippen LogP contribution in [0.2, 0.25) is 0 Å². The molecule has 0 aromatic heterocycles. The summed E-state index contributed by atoms with van der Waals surface area (Å²) < 4.78 is 6.34. The summed E-state index contributed by atoms with van der Waals surface area (Å²) in [6, 6.07) is 6.13. The molecule has 1 aromatic rings. The maximum absolute atomic E-state index is 11.5. The van der Waals surface area contributed by atoms with Crippen LogP contribution in [0.5, 0.6) is 5.75 Å². The van der Waals surface area contributed by atoms with Gasteiger partial charge in [0.15, 0.2) is 6.61 Å². The van der Waals surface area contributed by atoms with Crippen molar-refractivity contribution >= 4 is 21.8 Å². The second-order valence-corrected chi connectivity index (χ2v) is 6.00. The first-order valence-corrected chi connectivity index (χ1v) is 7.67. The molecule has 0 saturated heterocycles. The van der Waals surface area contributed by atoms with E-state index >= 15 is 0 Å². The van der Waals surface area contributed by atoms with E-state index in [4.69, 9.17) is 10.5 Å². The zero-order valence-corrected chi connectivity index (χ0v) is 13.9. The first-order chi connectivity index (χ1) is 9.42. The highest BCUT2D eigenvalue weighted by molar-refractivity contribution is 9.10. The Balaban J connectivity index is 2.57. The Morgan fingerprint density at radius 2 is 2.15 bits per heavy atom. The van der Waals surface area contributed by atoms with Gasteiger partial charge in [-0.1, -0.05) is 13.0 Å². The van der Waals surface area contributed by atoms with E-state index in [1.165, 1.54) is 0 Å². The van der Waals surface area contributed by atoms with Crippen LogP contribution in [-0.4, -0.2) is 24.6 Å². The predicted molar refractivity (Wildman–Crippen MR) is 84.9 cm³/mol. The van der Waals surface area contributed by atoms with E-state index in [1.807, 2.05) is 32.0 Å². The summed E-state index contributed by atoms with van der Waals surface area (Å²) in [6.45, 7) is 5.92. The number of ether oxygens (including phenoxy) is 1. The van der Waals surface area contributed by atoms with Crippen molar-refractivity contribution in [3.05, 3.63) is 28.2 Å². The van der Waals surface area contributed by atoms with E-state index in [9.17, 15) is 4.79 Å². The van der Waals surface area contributed by atoms with Crippen LogP contribution < -0.4 is 15.8 Å². The van der Waals surface area contributed by atoms with E-state index in [2.05, 4.69) is 28.2 Å². The minimum atomic E-state index is -0.121. The number of rotatable bonds is 7. The van der Waals surface area contributed by atoms with Gasteiger partial charge in [-0.15, -0.1) is 0 Å². The maximum atomic E-state index is 11.5. The van der Waals surface area contributed by atoms with E-state index in [-0.39, 0.29) is 24.6 Å². The van der Waals surface area contributed by atoms with Crippen molar-refractivity contribution < 1.29 is 9.53 Å². The van der Waals surface area contributed by atoms with Crippen molar-refractivity contribution in [1.82, 2.24) is 5.32 Å². The smallest absolute Gasteiger partial charge is 0.258 e. The lowest BCUT2D eigenvalue weighted by atomic mass is 10.0. The normalized spacial score (nSPS) is 12.3. The lowest BCUT2D eigenvalue weighted by Crippen LogP contribution is -2.34. The molecule has 0 spiro atoms. The lowest BCUT2D eigenvalue weighted by Gasteiger charge is -2.13. The third kappa shape index (κ3) is 5.92. The number of amides is 1. The zero-order chi connectivity index (χ0) is 15.1. The third-order valence-corrected chi connectivity index (χ3v) is 3.45. The Kier molecular flexibility index (Phi) is 7.02. The van der Waals surface area contributed by atoms with Gasteiger partial charge in [0.25, 0.3) is 5.91 Å². The van der Waals surface area contributed by atoms with Crippen LogP contribution in [0.15, 0.2) is 22.7 Å². The van der Waals surface area contributed by atoms with Gasteiger partial charge in [0.2, 0.25) is 0 Å². The molecule has 0 aliphatic carbocycles. The van der Waals surface area contributed by atoms with Gasteiger partial charge in [-0.05, 0) is 60.3 Å². The SMILES string of the molecule is CCC(N)Cc1ccc(OCC(=O)NC(C)C)c(Br)c1. The van der Waals surface area contributed by atoms with Crippen LogP contribution in [-0.2, 0) is 11.2 Å². The fourth-order valence-corrected chi connectivity index (χ4v) is 2.28. The molecular weight excluding hydrogens is 320 g/mol. The Morgan fingerprint density at radius 1 is 1.45 bits per heavy atom. The van der Waals surface area contributed by atoms with Gasteiger partial charge in [-0.2, -0.15) is 0 Å². The largest absolute Gasteiger partial charge is 0.483 e. The average Bonchev–Trinajstić information content (AvgIpc) is 2.36. The molecule has 3 N–H and O–H groups in total. The maximum Gasteiger partial charge on any atom is 0.258 e. The molecular formula is C15H23BrN2O2. The van der Waals surface area contributed by atoms with Crippen molar-refractivity contribution in [2.24, 2.45) is 5.73 Å². The molecule has 1 atom stereocenters. The summed E-state index contributed by atoms with van der Waals surface area (Å²) in [5.41, 5.74) is 7.10. The summed E-state index contributed by atoms with van der Waals surface area (Å²) in [5, 5.41) is 2.78. The molecule has 1 rings (SSSR count). The van der Waals surface area contributed by atoms with Crippen LogP contribution in [0, 0.1) is 0 Å². The summed E-state index contributed by atoms with van der Waals surface area (Å²) in [4.78, 5) is 11.5. The molecule has 1 amide bonds. The highest BCUT2D eigenvalue weighted by atomic mass is 79.9. The van der Waals surface area contributed by atoms with E-state index in [1.54, 1.807) is 0 Å². The van der Waals surface area contributed by atoms with Crippen LogP contribution in [0.25, 0.3) is 0 Å². The van der Waals surface area contributed by atoms with Crippen LogP contribution in [0.1, 0.15) is 32.8 Å². The highest BCUT2D eigenvalue weighted by Gasteiger charge is 2.08. The van der Waals surface area contributed by atoms with Crippen molar-refractivity contribution in [2.75, 3.05) is 6.61 Å². The molecule has 112 valence electrons. The average molecular weight is 343 g/mol. The third-order valence-electron chi connectivity index (χ3n) is 2.83. The van der Waals surface area contributed by atoms with Crippen LogP contribution in [0.4, 0.5) is 0 Å². The monoisotopic (exact) mass is 342 g/mol. The fourth-order valence-electron chi connectivity index (χ4n) is 1.74. The molecule has 1 aromatic carbocycles. The van der Waals surface area contributed by atoms with Crippen molar-refractivity contribution in [3.63, 3.8) is 0 Å². The Morgan fingerprint density at radius 3 is 2.70 bits per heavy atom. The number of hydrogen-bond donors (Lipinski definition) is 2. The molecule has 0 aliphatic heterocycles. The minimum absolute atomic E-state index is 0.0185. The van der Waals surface area contributed by atoms with Crippen molar-refractivity contribution in [1.29, 1.82) is 0 Å². The topological polar surface area (TPSA) is 64.3 Å². The predicted octanol–water partition coefficient (Wildman–Crippen LogP) is 2.63. The number of benzene rings is 1. The number of carbonyl (C=O) groups is 1. The lowest BCUT2D eigenvalue weighted by molar-refractivity contribution is -0.123. The minimum Gasteiger partial charge on any atom is -0.483 e. The summed E-state index contributed by atoms with van der Waals surface area (Å²) in [7, 11) is 0. The van der Waals surface area contributed by atoms with Crippen molar-refractivity contribution in [2.45, 2.75) is 45.7 Å². The molecule has 20 heavy (non-hydrogen) atoms. The standard InChI is InChI=1S/C15H23BrN2O2/c1-4-12(17)7-11-5-6-14(13(16)8-11)20-9-15(19)18-10(2)3/h5-6,8,10,12H,4,7,9,17H2,1-3H3,(H,18,19). The van der Waals surface area contributed by atoms with Crippen LogP contribution >= 0.6 is 15.9 Å². The van der Waals surface area contributed by atoms with E-state index in [0.717, 1.165) is 22.9 Å². The molecule has 0 bridgehead atoms. The Bertz CT molecular complexity index is 449. The first kappa shape index (κ1) is 17.0. The number of carbonyl (C=O) groups excluding carboxylic acids is 1. The molecule has 0 saturated carbocycles. The molecule has 0 heterocycles.